The van der Waals surface area contributed by atoms with Crippen molar-refractivity contribution in [2.75, 3.05) is 7.05 Å². The molecular weight excluding hydrogens is 172 g/mol. The molecule has 0 heterocycles. The minimum absolute atomic E-state index is 0.224. The van der Waals surface area contributed by atoms with Gasteiger partial charge in [0.2, 0.25) is 0 Å². The minimum atomic E-state index is -0.581. The van der Waals surface area contributed by atoms with Crippen LogP contribution in [-0.2, 0) is 0 Å². The van der Waals surface area contributed by atoms with E-state index in [1.807, 2.05) is 0 Å². The summed E-state index contributed by atoms with van der Waals surface area (Å²) in [6, 6.07) is 6.03. The molecule has 0 aromatic heterocycles. The molecule has 68 valence electrons. The molecule has 0 saturated heterocycles. The molecule has 0 aliphatic rings. The van der Waals surface area contributed by atoms with Crippen LogP contribution in [0.4, 0.5) is 10.5 Å². The average molecular weight is 180 g/mol. The van der Waals surface area contributed by atoms with Gasteiger partial charge >= 0.3 is 6.09 Å². The third-order valence-electron chi connectivity index (χ3n) is 1.34. The van der Waals surface area contributed by atoms with Gasteiger partial charge in [0, 0.05) is 13.1 Å². The van der Waals surface area contributed by atoms with E-state index in [0.29, 0.717) is 0 Å². The fourth-order valence-electron chi connectivity index (χ4n) is 0.762. The summed E-state index contributed by atoms with van der Waals surface area (Å²) in [5, 5.41) is 4.98. The van der Waals surface area contributed by atoms with Crippen molar-refractivity contribution in [3.63, 3.8) is 0 Å². The Morgan fingerprint density at radius 1 is 1.54 bits per heavy atom. The Balaban J connectivity index is 2.77. The maximum absolute atomic E-state index is 10.7. The number of rotatable bonds is 2. The van der Waals surface area contributed by atoms with Crippen molar-refractivity contribution in [3.05, 3.63) is 29.2 Å². The van der Waals surface area contributed by atoms with Gasteiger partial charge in [-0.15, -0.1) is 4.91 Å². The molecule has 0 spiro atoms. The number of carbonyl (C=O) groups is 1. The monoisotopic (exact) mass is 180 g/mol. The van der Waals surface area contributed by atoms with Gasteiger partial charge < -0.3 is 10.1 Å². The van der Waals surface area contributed by atoms with Crippen LogP contribution in [0.2, 0.25) is 0 Å². The summed E-state index contributed by atoms with van der Waals surface area (Å²) in [6.45, 7) is 0. The first-order valence-electron chi connectivity index (χ1n) is 3.59. The topological polar surface area (TPSA) is 67.8 Å². The Hall–Kier alpha value is -1.91. The predicted molar refractivity (Wildman–Crippen MR) is 47.0 cm³/mol. The van der Waals surface area contributed by atoms with E-state index in [2.05, 4.69) is 10.5 Å². The van der Waals surface area contributed by atoms with Gasteiger partial charge in [-0.1, -0.05) is 6.07 Å². The van der Waals surface area contributed by atoms with E-state index in [4.69, 9.17) is 4.74 Å². The molecule has 0 unspecified atom stereocenters. The largest absolute Gasteiger partial charge is 0.412 e. The summed E-state index contributed by atoms with van der Waals surface area (Å²) in [5.74, 6) is 0.288. The average Bonchev–Trinajstić information content (AvgIpc) is 2.18. The highest BCUT2D eigenvalue weighted by molar-refractivity contribution is 5.70. The lowest BCUT2D eigenvalue weighted by molar-refractivity contribution is 0.203. The molecule has 0 bridgehead atoms. The van der Waals surface area contributed by atoms with E-state index in [1.54, 1.807) is 12.1 Å². The van der Waals surface area contributed by atoms with Gasteiger partial charge in [-0.05, 0) is 17.3 Å². The van der Waals surface area contributed by atoms with E-state index in [-0.39, 0.29) is 11.4 Å². The van der Waals surface area contributed by atoms with Gasteiger partial charge in [0.1, 0.15) is 11.4 Å². The smallest absolute Gasteiger partial charge is 0.410 e. The van der Waals surface area contributed by atoms with Crippen LogP contribution in [0.3, 0.4) is 0 Å². The zero-order chi connectivity index (χ0) is 9.68. The highest BCUT2D eigenvalue weighted by Crippen LogP contribution is 2.19. The summed E-state index contributed by atoms with van der Waals surface area (Å²) >= 11 is 0. The van der Waals surface area contributed by atoms with Crippen molar-refractivity contribution in [2.24, 2.45) is 5.18 Å². The predicted octanol–water partition coefficient (Wildman–Crippen LogP) is 1.80. The molecule has 1 rings (SSSR count). The fourth-order valence-corrected chi connectivity index (χ4v) is 0.762. The van der Waals surface area contributed by atoms with Crippen LogP contribution in [0.25, 0.3) is 0 Å². The van der Waals surface area contributed by atoms with Crippen molar-refractivity contribution >= 4 is 11.8 Å². The molecule has 0 radical (unpaired) electrons. The van der Waals surface area contributed by atoms with E-state index in [9.17, 15) is 9.70 Å². The lowest BCUT2D eigenvalue weighted by Crippen LogP contribution is -2.21. The Morgan fingerprint density at radius 3 is 2.92 bits per heavy atom. The third-order valence-corrected chi connectivity index (χ3v) is 1.34. The molecule has 1 aromatic carbocycles. The van der Waals surface area contributed by atoms with Gasteiger partial charge in [-0.3, -0.25) is 0 Å². The highest BCUT2D eigenvalue weighted by atomic mass is 16.5. The number of nitrogens with zero attached hydrogens (tertiary/aromatic N) is 1. The van der Waals surface area contributed by atoms with Gasteiger partial charge in [0.15, 0.2) is 0 Å². The number of benzene rings is 1. The molecule has 0 aliphatic carbocycles. The standard InChI is InChI=1S/C8H8N2O3/c1-9-8(11)13-7-4-2-3-6(5-7)10-12/h2-5H,1H3,(H,9,11). The van der Waals surface area contributed by atoms with Crippen LogP contribution in [0.15, 0.2) is 29.4 Å². The van der Waals surface area contributed by atoms with Crippen molar-refractivity contribution in [2.45, 2.75) is 0 Å². The second-order valence-corrected chi connectivity index (χ2v) is 2.23. The molecular formula is C8H8N2O3. The molecule has 0 saturated carbocycles. The van der Waals surface area contributed by atoms with Crippen molar-refractivity contribution in [3.8, 4) is 5.75 Å². The summed E-state index contributed by atoms with van der Waals surface area (Å²) in [6.07, 6.45) is -0.581. The fraction of sp³-hybridized carbons (Fsp3) is 0.125. The number of hydrogen-bond acceptors (Lipinski definition) is 4. The number of carbonyl (C=O) groups excluding carboxylic acids is 1. The zero-order valence-corrected chi connectivity index (χ0v) is 6.98. The summed E-state index contributed by atoms with van der Waals surface area (Å²) in [5.41, 5.74) is 0.224. The molecule has 0 atom stereocenters. The van der Waals surface area contributed by atoms with Gasteiger partial charge in [0.05, 0.1) is 0 Å². The van der Waals surface area contributed by atoms with Crippen LogP contribution in [0.1, 0.15) is 0 Å². The first-order valence-corrected chi connectivity index (χ1v) is 3.59. The number of amides is 1. The van der Waals surface area contributed by atoms with E-state index in [1.165, 1.54) is 19.2 Å². The number of ether oxygens (including phenoxy) is 1. The Labute approximate surface area is 74.7 Å². The van der Waals surface area contributed by atoms with Gasteiger partial charge in [0.25, 0.3) is 0 Å². The number of hydrogen-bond donors (Lipinski definition) is 1. The zero-order valence-electron chi connectivity index (χ0n) is 6.98. The summed E-state index contributed by atoms with van der Waals surface area (Å²) < 4.78 is 4.76. The normalized spacial score (nSPS) is 9.00. The molecule has 1 N–H and O–H groups in total. The Kier molecular flexibility index (Phi) is 2.97. The second kappa shape index (κ2) is 4.20. The summed E-state index contributed by atoms with van der Waals surface area (Å²) in [4.78, 5) is 20.8. The molecule has 0 aliphatic heterocycles. The van der Waals surface area contributed by atoms with Crippen LogP contribution in [0, 0.1) is 4.91 Å². The lowest BCUT2D eigenvalue weighted by atomic mass is 10.3. The van der Waals surface area contributed by atoms with E-state index in [0.717, 1.165) is 0 Å². The van der Waals surface area contributed by atoms with E-state index >= 15 is 0 Å². The summed E-state index contributed by atoms with van der Waals surface area (Å²) in [7, 11) is 1.45. The molecule has 0 fully saturated rings. The molecule has 5 heteroatoms. The molecule has 5 nitrogen and oxygen atoms in total. The molecule has 1 aromatic rings. The van der Waals surface area contributed by atoms with Crippen LogP contribution < -0.4 is 10.1 Å². The van der Waals surface area contributed by atoms with Crippen molar-refractivity contribution in [1.82, 2.24) is 5.32 Å². The van der Waals surface area contributed by atoms with Crippen LogP contribution >= 0.6 is 0 Å². The minimum Gasteiger partial charge on any atom is -0.410 e. The first kappa shape index (κ1) is 9.18. The SMILES string of the molecule is CNC(=O)Oc1cccc(N=O)c1. The van der Waals surface area contributed by atoms with Gasteiger partial charge in [-0.2, -0.15) is 0 Å². The lowest BCUT2D eigenvalue weighted by Gasteiger charge is -2.01. The Bertz CT molecular complexity index is 325. The van der Waals surface area contributed by atoms with Crippen molar-refractivity contribution < 1.29 is 9.53 Å². The van der Waals surface area contributed by atoms with E-state index < -0.39 is 6.09 Å². The van der Waals surface area contributed by atoms with Crippen molar-refractivity contribution in [1.29, 1.82) is 0 Å². The van der Waals surface area contributed by atoms with Crippen LogP contribution in [0.5, 0.6) is 5.75 Å². The van der Waals surface area contributed by atoms with Gasteiger partial charge in [-0.25, -0.2) is 4.79 Å². The highest BCUT2D eigenvalue weighted by Gasteiger charge is 2.01. The maximum Gasteiger partial charge on any atom is 0.412 e. The maximum atomic E-state index is 10.7. The first-order chi connectivity index (χ1) is 6.26. The quantitative estimate of drug-likeness (QED) is 0.705. The van der Waals surface area contributed by atoms with Crippen LogP contribution in [-0.4, -0.2) is 13.1 Å². The second-order valence-electron chi connectivity index (χ2n) is 2.23. The number of nitrogens with one attached hydrogen (secondary N) is 1. The molecule has 1 amide bonds. The number of nitroso groups, excluding NO2 is 1. The Morgan fingerprint density at radius 2 is 2.31 bits per heavy atom. The molecule has 13 heavy (non-hydrogen) atoms. The third kappa shape index (κ3) is 2.55.